The highest BCUT2D eigenvalue weighted by molar-refractivity contribution is 9.10. The molecular formula is C14H24BrNOS. The number of halogens is 1. The van der Waals surface area contributed by atoms with E-state index in [1.165, 1.54) is 5.56 Å². The van der Waals surface area contributed by atoms with Gasteiger partial charge in [0.05, 0.1) is 0 Å². The Labute approximate surface area is 126 Å². The molecule has 0 heterocycles. The van der Waals surface area contributed by atoms with Crippen molar-refractivity contribution in [3.63, 3.8) is 0 Å². The van der Waals surface area contributed by atoms with Gasteiger partial charge in [0.1, 0.15) is 0 Å². The first-order chi connectivity index (χ1) is 7.50. The van der Waals surface area contributed by atoms with Crippen LogP contribution in [0, 0.1) is 5.92 Å². The molecule has 0 aliphatic rings. The van der Waals surface area contributed by atoms with Gasteiger partial charge in [0, 0.05) is 16.4 Å². The SMILES string of the molecule is C.CC(C)C(=O)N[C@H](C)Cc1ccccc1Br.S. The lowest BCUT2D eigenvalue weighted by Crippen LogP contribution is -2.36. The van der Waals surface area contributed by atoms with Crippen LogP contribution in [0.5, 0.6) is 0 Å². The average molecular weight is 334 g/mol. The molecule has 4 heteroatoms. The maximum atomic E-state index is 11.5. The van der Waals surface area contributed by atoms with Crippen LogP contribution >= 0.6 is 29.4 Å². The minimum Gasteiger partial charge on any atom is -0.353 e. The fourth-order valence-electron chi connectivity index (χ4n) is 1.45. The smallest absolute Gasteiger partial charge is 0.222 e. The molecule has 0 aliphatic carbocycles. The topological polar surface area (TPSA) is 29.1 Å². The van der Waals surface area contributed by atoms with Crippen molar-refractivity contribution in [1.29, 1.82) is 0 Å². The van der Waals surface area contributed by atoms with Gasteiger partial charge in [-0.2, -0.15) is 13.5 Å². The maximum Gasteiger partial charge on any atom is 0.222 e. The van der Waals surface area contributed by atoms with Crippen molar-refractivity contribution in [2.75, 3.05) is 0 Å². The first-order valence-corrected chi connectivity index (χ1v) is 6.33. The summed E-state index contributed by atoms with van der Waals surface area (Å²) < 4.78 is 1.10. The van der Waals surface area contributed by atoms with E-state index in [2.05, 4.69) is 27.3 Å². The summed E-state index contributed by atoms with van der Waals surface area (Å²) in [6.45, 7) is 5.83. The predicted octanol–water partition coefficient (Wildman–Crippen LogP) is 3.90. The van der Waals surface area contributed by atoms with Gasteiger partial charge in [0.15, 0.2) is 0 Å². The lowest BCUT2D eigenvalue weighted by molar-refractivity contribution is -0.124. The van der Waals surface area contributed by atoms with Crippen molar-refractivity contribution in [3.8, 4) is 0 Å². The molecule has 18 heavy (non-hydrogen) atoms. The molecule has 0 aromatic heterocycles. The van der Waals surface area contributed by atoms with Crippen molar-refractivity contribution in [1.82, 2.24) is 5.32 Å². The molecule has 0 saturated carbocycles. The van der Waals surface area contributed by atoms with E-state index in [1.807, 2.05) is 39.0 Å². The third-order valence-corrected chi connectivity index (χ3v) is 3.17. The van der Waals surface area contributed by atoms with Crippen LogP contribution in [0.25, 0.3) is 0 Å². The van der Waals surface area contributed by atoms with Gasteiger partial charge in [-0.25, -0.2) is 0 Å². The summed E-state index contributed by atoms with van der Waals surface area (Å²) in [4.78, 5) is 11.5. The summed E-state index contributed by atoms with van der Waals surface area (Å²) in [6.07, 6.45) is 0.847. The van der Waals surface area contributed by atoms with Crippen molar-refractivity contribution in [2.24, 2.45) is 5.92 Å². The molecule has 1 N–H and O–H groups in total. The quantitative estimate of drug-likeness (QED) is 0.889. The molecule has 1 aromatic rings. The normalized spacial score (nSPS) is 11.2. The van der Waals surface area contributed by atoms with Gasteiger partial charge in [-0.05, 0) is 25.0 Å². The van der Waals surface area contributed by atoms with Crippen molar-refractivity contribution < 1.29 is 4.79 Å². The van der Waals surface area contributed by atoms with Crippen molar-refractivity contribution >= 4 is 35.3 Å². The van der Waals surface area contributed by atoms with E-state index in [1.54, 1.807) is 0 Å². The van der Waals surface area contributed by atoms with Crippen LogP contribution in [0.3, 0.4) is 0 Å². The second-order valence-corrected chi connectivity index (χ2v) is 5.21. The van der Waals surface area contributed by atoms with E-state index in [4.69, 9.17) is 0 Å². The van der Waals surface area contributed by atoms with E-state index < -0.39 is 0 Å². The number of carbonyl (C=O) groups is 1. The summed E-state index contributed by atoms with van der Waals surface area (Å²) in [5.74, 6) is 0.154. The van der Waals surface area contributed by atoms with Gasteiger partial charge < -0.3 is 5.32 Å². The van der Waals surface area contributed by atoms with E-state index in [9.17, 15) is 4.79 Å². The van der Waals surface area contributed by atoms with Gasteiger partial charge in [-0.1, -0.05) is 55.4 Å². The molecule has 0 fully saturated rings. The van der Waals surface area contributed by atoms with Crippen molar-refractivity contribution in [3.05, 3.63) is 34.3 Å². The zero-order valence-corrected chi connectivity index (χ0v) is 13.0. The maximum absolute atomic E-state index is 11.5. The van der Waals surface area contributed by atoms with Gasteiger partial charge >= 0.3 is 0 Å². The second kappa shape index (κ2) is 9.45. The minimum absolute atomic E-state index is 0. The van der Waals surface area contributed by atoms with Crippen molar-refractivity contribution in [2.45, 2.75) is 40.7 Å². The van der Waals surface area contributed by atoms with Gasteiger partial charge in [0.2, 0.25) is 5.91 Å². The molecule has 1 rings (SSSR count). The minimum atomic E-state index is 0. The Hall–Kier alpha value is -0.480. The fraction of sp³-hybridized carbons (Fsp3) is 0.500. The molecule has 1 aromatic carbocycles. The summed E-state index contributed by atoms with van der Waals surface area (Å²) >= 11 is 3.51. The molecule has 0 radical (unpaired) electrons. The number of rotatable bonds is 4. The Balaban J connectivity index is 0. The number of nitrogens with one attached hydrogen (secondary N) is 1. The Morgan fingerprint density at radius 2 is 1.83 bits per heavy atom. The molecule has 0 unspecified atom stereocenters. The molecule has 0 spiro atoms. The summed E-state index contributed by atoms with van der Waals surface area (Å²) in [5.41, 5.74) is 1.22. The Morgan fingerprint density at radius 3 is 2.33 bits per heavy atom. The second-order valence-electron chi connectivity index (χ2n) is 4.36. The summed E-state index contributed by atoms with van der Waals surface area (Å²) in [6, 6.07) is 8.25. The zero-order valence-electron chi connectivity index (χ0n) is 10.5. The van der Waals surface area contributed by atoms with Gasteiger partial charge in [-0.15, -0.1) is 0 Å². The van der Waals surface area contributed by atoms with Crippen LogP contribution < -0.4 is 5.32 Å². The molecule has 0 bridgehead atoms. The highest BCUT2D eigenvalue weighted by atomic mass is 79.9. The molecule has 104 valence electrons. The third kappa shape index (κ3) is 6.45. The molecule has 1 amide bonds. The summed E-state index contributed by atoms with van der Waals surface area (Å²) in [5, 5.41) is 3.00. The van der Waals surface area contributed by atoms with E-state index >= 15 is 0 Å². The monoisotopic (exact) mass is 333 g/mol. The van der Waals surface area contributed by atoms with Crippen LogP contribution in [-0.4, -0.2) is 11.9 Å². The highest BCUT2D eigenvalue weighted by Gasteiger charge is 2.11. The number of benzene rings is 1. The first-order valence-electron chi connectivity index (χ1n) is 5.54. The molecule has 2 nitrogen and oxygen atoms in total. The summed E-state index contributed by atoms with van der Waals surface area (Å²) in [7, 11) is 0. The number of hydrogen-bond acceptors (Lipinski definition) is 1. The van der Waals surface area contributed by atoms with Crippen LogP contribution in [0.15, 0.2) is 28.7 Å². The third-order valence-electron chi connectivity index (χ3n) is 2.40. The molecule has 1 atom stereocenters. The van der Waals surface area contributed by atoms with Crippen LogP contribution in [0.1, 0.15) is 33.8 Å². The zero-order chi connectivity index (χ0) is 12.1. The average Bonchev–Trinajstić information content (AvgIpc) is 2.21. The van der Waals surface area contributed by atoms with Crippen LogP contribution in [0.4, 0.5) is 0 Å². The molecule has 0 saturated heterocycles. The standard InChI is InChI=1S/C13H18BrNO.CH4.H2S/c1-9(2)13(16)15-10(3)8-11-6-4-5-7-12(11)14;;/h4-7,9-10H,8H2,1-3H3,(H,15,16);1H4;1H2/t10-;;/m1../s1. The van der Waals surface area contributed by atoms with Gasteiger partial charge in [-0.3, -0.25) is 4.79 Å². The Kier molecular flexibility index (Phi) is 10.4. The van der Waals surface area contributed by atoms with Crippen LogP contribution in [-0.2, 0) is 11.2 Å². The fourth-order valence-corrected chi connectivity index (χ4v) is 1.90. The molecule has 0 aliphatic heterocycles. The first kappa shape index (κ1) is 19.9. The predicted molar refractivity (Wildman–Crippen MR) is 87.4 cm³/mol. The lowest BCUT2D eigenvalue weighted by Gasteiger charge is -2.16. The van der Waals surface area contributed by atoms with E-state index in [-0.39, 0.29) is 38.8 Å². The Bertz CT molecular complexity index is 369. The largest absolute Gasteiger partial charge is 0.353 e. The number of hydrogen-bond donors (Lipinski definition) is 1. The van der Waals surface area contributed by atoms with E-state index in [0.717, 1.165) is 10.9 Å². The lowest BCUT2D eigenvalue weighted by atomic mass is 10.1. The Morgan fingerprint density at radius 1 is 1.28 bits per heavy atom. The number of amides is 1. The molecular weight excluding hydrogens is 310 g/mol. The highest BCUT2D eigenvalue weighted by Crippen LogP contribution is 2.17. The number of carbonyl (C=O) groups excluding carboxylic acids is 1. The van der Waals surface area contributed by atoms with E-state index in [0.29, 0.717) is 0 Å². The van der Waals surface area contributed by atoms with Crippen LogP contribution in [0.2, 0.25) is 0 Å². The van der Waals surface area contributed by atoms with Gasteiger partial charge in [0.25, 0.3) is 0 Å².